The van der Waals surface area contributed by atoms with Gasteiger partial charge >= 0.3 is 58.2 Å². The van der Waals surface area contributed by atoms with Crippen LogP contribution in [-0.2, 0) is 0 Å². The molecular weight excluding hydrogens is 243 g/mol. The van der Waals surface area contributed by atoms with Gasteiger partial charge < -0.3 is 1.43 Å². The van der Waals surface area contributed by atoms with E-state index in [-0.39, 0.29) is 118 Å². The fourth-order valence-electron chi connectivity index (χ4n) is 0. The normalized spacial score (nSPS) is 4.50. The van der Waals surface area contributed by atoms with Crippen LogP contribution in [0.3, 0.4) is 0 Å². The molecule has 0 saturated carbocycles. The van der Waals surface area contributed by atoms with Crippen LogP contribution in [0.25, 0.3) is 0 Å². The van der Waals surface area contributed by atoms with Crippen molar-refractivity contribution < 1.29 is 59.6 Å². The second-order valence-electron chi connectivity index (χ2n) is 1.000. The van der Waals surface area contributed by atoms with Gasteiger partial charge in [0, 0.05) is 58.2 Å². The summed E-state index contributed by atoms with van der Waals surface area (Å²) in [4.78, 5) is 0. The Hall–Kier alpha value is 3.61. The van der Waals surface area contributed by atoms with E-state index in [1.165, 1.54) is 12.8 Å². The van der Waals surface area contributed by atoms with E-state index in [0.717, 1.165) is 0 Å². The molecule has 0 fully saturated rings. The second-order valence-corrected chi connectivity index (χ2v) is 1.000. The first-order valence-electron chi connectivity index (χ1n) is 2.91. The number of hydrogen-bond donors (Lipinski definition) is 0. The van der Waals surface area contributed by atoms with Gasteiger partial charge in [0.15, 0.2) is 0 Å². The van der Waals surface area contributed by atoms with Gasteiger partial charge in [-0.2, -0.15) is 0 Å². The summed E-state index contributed by atoms with van der Waals surface area (Å²) in [6.45, 7) is 8.36. The predicted octanol–water partition coefficient (Wildman–Crippen LogP) is -0.432. The summed E-state index contributed by atoms with van der Waals surface area (Å²) in [6, 6.07) is 0. The zero-order chi connectivity index (χ0) is 5.41. The molecule has 0 aliphatic heterocycles. The van der Waals surface area contributed by atoms with Crippen molar-refractivity contribution in [2.24, 2.45) is 0 Å². The summed E-state index contributed by atoms with van der Waals surface area (Å²) in [5.41, 5.74) is 0. The van der Waals surface area contributed by atoms with E-state index in [2.05, 4.69) is 13.8 Å². The fraction of sp³-hybridized carbons (Fsp3) is 1.00. The standard InChI is InChI=1S/C4H10.C2H6.2Rb.H/c1-3-4-2;1-2;;;/h3-4H2,1-2H3;1-2H3;;;/q;;;+1;-1. The molecule has 0 aromatic carbocycles. The van der Waals surface area contributed by atoms with Gasteiger partial charge in [-0.25, -0.2) is 0 Å². The average molecular weight is 260 g/mol. The first-order valence-corrected chi connectivity index (χ1v) is 2.91. The molecule has 2 heteroatoms. The van der Waals surface area contributed by atoms with Crippen molar-refractivity contribution in [3.05, 3.63) is 0 Å². The first kappa shape index (κ1) is 22.6. The third-order valence-corrected chi connectivity index (χ3v) is 0.500. The van der Waals surface area contributed by atoms with Crippen molar-refractivity contribution in [3.8, 4) is 0 Å². The van der Waals surface area contributed by atoms with Gasteiger partial charge in [0.1, 0.15) is 0 Å². The third-order valence-electron chi connectivity index (χ3n) is 0.500. The van der Waals surface area contributed by atoms with Gasteiger partial charge in [0.25, 0.3) is 0 Å². The minimum absolute atomic E-state index is 0. The molecule has 8 heavy (non-hydrogen) atoms. The average Bonchev–Trinajstić information content (AvgIpc) is 1.72. The first-order chi connectivity index (χ1) is 2.91. The van der Waals surface area contributed by atoms with Crippen LogP contribution in [-0.4, -0.2) is 58.2 Å². The minimum atomic E-state index is 0. The van der Waals surface area contributed by atoms with E-state index in [9.17, 15) is 0 Å². The molecule has 1 radical (unpaired) electrons. The summed E-state index contributed by atoms with van der Waals surface area (Å²) in [5.74, 6) is 0. The van der Waals surface area contributed by atoms with Gasteiger partial charge in [-0.05, 0) is 0 Å². The van der Waals surface area contributed by atoms with Crippen LogP contribution in [0.4, 0.5) is 0 Å². The summed E-state index contributed by atoms with van der Waals surface area (Å²) >= 11 is 0. The molecule has 0 heterocycles. The number of rotatable bonds is 1. The van der Waals surface area contributed by atoms with Crippen LogP contribution in [0.5, 0.6) is 0 Å². The number of unbranched alkanes of at least 4 members (excludes halogenated alkanes) is 1. The molecule has 0 rings (SSSR count). The van der Waals surface area contributed by atoms with Gasteiger partial charge in [-0.15, -0.1) is 0 Å². The van der Waals surface area contributed by atoms with Crippen LogP contribution in [0.2, 0.25) is 0 Å². The van der Waals surface area contributed by atoms with Gasteiger partial charge in [-0.1, -0.05) is 40.5 Å². The molecule has 0 unspecified atom stereocenters. The zero-order valence-electron chi connectivity index (χ0n) is 8.41. The summed E-state index contributed by atoms with van der Waals surface area (Å²) in [6.07, 6.45) is 2.64. The van der Waals surface area contributed by atoms with Crippen molar-refractivity contribution in [1.82, 2.24) is 0 Å². The van der Waals surface area contributed by atoms with E-state index in [4.69, 9.17) is 0 Å². The quantitative estimate of drug-likeness (QED) is 0.600. The maximum Gasteiger partial charge on any atom is 1.00 e. The maximum absolute atomic E-state index is 2.18. The molecule has 0 bridgehead atoms. The Morgan fingerprint density at radius 2 is 1.12 bits per heavy atom. The minimum Gasteiger partial charge on any atom is -1.00 e. The summed E-state index contributed by atoms with van der Waals surface area (Å²) in [5, 5.41) is 0. The van der Waals surface area contributed by atoms with Gasteiger partial charge in [0.05, 0.1) is 0 Å². The largest absolute Gasteiger partial charge is 1.00 e. The molecule has 0 spiro atoms. The summed E-state index contributed by atoms with van der Waals surface area (Å²) in [7, 11) is 0. The van der Waals surface area contributed by atoms with Gasteiger partial charge in [-0.3, -0.25) is 0 Å². The Labute approximate surface area is 154 Å². The van der Waals surface area contributed by atoms with Crippen molar-refractivity contribution in [1.29, 1.82) is 0 Å². The van der Waals surface area contributed by atoms with Crippen LogP contribution < -0.4 is 58.2 Å². The molecule has 0 amide bonds. The Kier molecular flexibility index (Phi) is 87.8. The van der Waals surface area contributed by atoms with Crippen molar-refractivity contribution in [2.75, 3.05) is 0 Å². The van der Waals surface area contributed by atoms with E-state index < -0.39 is 0 Å². The van der Waals surface area contributed by atoms with E-state index in [1.807, 2.05) is 13.8 Å². The molecule has 43 valence electrons. The fourth-order valence-corrected chi connectivity index (χ4v) is 0. The van der Waals surface area contributed by atoms with Crippen LogP contribution in [0.1, 0.15) is 42.0 Å². The van der Waals surface area contributed by atoms with Crippen LogP contribution in [0.15, 0.2) is 0 Å². The van der Waals surface area contributed by atoms with Gasteiger partial charge in [0.2, 0.25) is 0 Å². The molecule has 0 aliphatic rings. The molecule has 0 aromatic rings. The van der Waals surface area contributed by atoms with Crippen LogP contribution >= 0.6 is 0 Å². The molecule has 0 aliphatic carbocycles. The molecule has 0 N–H and O–H groups in total. The van der Waals surface area contributed by atoms with Crippen LogP contribution in [0, 0.1) is 0 Å². The topological polar surface area (TPSA) is 0 Å². The van der Waals surface area contributed by atoms with E-state index in [0.29, 0.717) is 0 Å². The Morgan fingerprint density at radius 1 is 1.00 bits per heavy atom. The Balaban J connectivity index is -0.00000000990. The van der Waals surface area contributed by atoms with Crippen molar-refractivity contribution >= 4 is 58.2 Å². The Morgan fingerprint density at radius 3 is 1.12 bits per heavy atom. The predicted molar refractivity (Wildman–Crippen MR) is 38.8 cm³/mol. The van der Waals surface area contributed by atoms with Crippen molar-refractivity contribution in [2.45, 2.75) is 40.5 Å². The van der Waals surface area contributed by atoms with Crippen molar-refractivity contribution in [3.63, 3.8) is 0 Å². The summed E-state index contributed by atoms with van der Waals surface area (Å²) < 4.78 is 0. The molecule has 0 atom stereocenters. The Bertz CT molecular complexity index is 13.0. The smallest absolute Gasteiger partial charge is 1.00 e. The zero-order valence-corrected chi connectivity index (χ0v) is 17.2. The second kappa shape index (κ2) is 31.1. The monoisotopic (exact) mass is 259 g/mol. The van der Waals surface area contributed by atoms with E-state index in [1.54, 1.807) is 0 Å². The molecular formula is C6H17Rb2. The SMILES string of the molecule is CC.CCCC.[H-].[Rb+].[Rb]. The molecule has 0 saturated heterocycles. The third kappa shape index (κ3) is 33.5. The molecule has 0 aromatic heterocycles. The number of hydrogen-bond acceptors (Lipinski definition) is 0. The van der Waals surface area contributed by atoms with E-state index >= 15 is 0 Å². The molecule has 0 nitrogen and oxygen atoms in total. The maximum atomic E-state index is 2.18.